The number of esters is 1. The summed E-state index contributed by atoms with van der Waals surface area (Å²) in [6.45, 7) is 1.86. The number of methoxy groups -OCH3 is 1. The number of hydrogen-bond donors (Lipinski definition) is 0. The highest BCUT2D eigenvalue weighted by Crippen LogP contribution is 2.25. The van der Waals surface area contributed by atoms with Gasteiger partial charge in [0.25, 0.3) is 10.0 Å². The Morgan fingerprint density at radius 3 is 2.64 bits per heavy atom. The third-order valence-corrected chi connectivity index (χ3v) is 7.83. The summed E-state index contributed by atoms with van der Waals surface area (Å²) in [5.74, 6) is -0.545. The maximum absolute atomic E-state index is 12.8. The van der Waals surface area contributed by atoms with Gasteiger partial charge in [-0.2, -0.15) is 9.40 Å². The van der Waals surface area contributed by atoms with Crippen molar-refractivity contribution in [3.63, 3.8) is 0 Å². The van der Waals surface area contributed by atoms with Crippen LogP contribution < -0.4 is 0 Å². The number of aromatic nitrogens is 2. The molecule has 0 saturated carbocycles. The Hall–Kier alpha value is -2.24. The first-order chi connectivity index (χ1) is 13.4. The van der Waals surface area contributed by atoms with Gasteiger partial charge in [0.05, 0.1) is 12.7 Å². The fraction of sp³-hybridized carbons (Fsp3) is 0.471. The van der Waals surface area contributed by atoms with Gasteiger partial charge in [0.2, 0.25) is 5.91 Å². The Labute approximate surface area is 167 Å². The molecular formula is C17H22N4O5S2. The summed E-state index contributed by atoms with van der Waals surface area (Å²) in [5, 5.41) is 5.57. The second-order valence-corrected chi connectivity index (χ2v) is 9.38. The zero-order valence-corrected chi connectivity index (χ0v) is 17.1. The molecule has 1 amide bonds. The van der Waals surface area contributed by atoms with Crippen LogP contribution in [0, 0.1) is 0 Å². The first kappa shape index (κ1) is 20.5. The van der Waals surface area contributed by atoms with Crippen molar-refractivity contribution in [1.82, 2.24) is 19.0 Å². The number of nitrogens with zero attached hydrogens (tertiary/aromatic N) is 4. The van der Waals surface area contributed by atoms with Crippen molar-refractivity contribution in [2.24, 2.45) is 0 Å². The molecule has 1 aliphatic rings. The van der Waals surface area contributed by atoms with E-state index >= 15 is 0 Å². The van der Waals surface area contributed by atoms with Crippen LogP contribution in [-0.2, 0) is 26.1 Å². The van der Waals surface area contributed by atoms with Crippen molar-refractivity contribution in [3.05, 3.63) is 35.5 Å². The minimum Gasteiger partial charge on any atom is -0.465 e. The number of aryl methyl sites for hydroxylation is 1. The minimum atomic E-state index is -3.68. The van der Waals surface area contributed by atoms with Crippen LogP contribution in [0.5, 0.6) is 0 Å². The average molecular weight is 427 g/mol. The van der Waals surface area contributed by atoms with E-state index in [1.165, 1.54) is 22.9 Å². The van der Waals surface area contributed by atoms with Crippen LogP contribution in [0.25, 0.3) is 0 Å². The Morgan fingerprint density at radius 2 is 2.00 bits per heavy atom. The van der Waals surface area contributed by atoms with Crippen molar-refractivity contribution in [2.75, 3.05) is 33.3 Å². The van der Waals surface area contributed by atoms with Crippen LogP contribution in [0.2, 0.25) is 0 Å². The molecule has 11 heteroatoms. The molecule has 3 heterocycles. The molecule has 2 aromatic heterocycles. The Balaban J connectivity index is 1.51. The number of carbonyl (C=O) groups excluding carboxylic acids is 2. The van der Waals surface area contributed by atoms with Gasteiger partial charge in [0, 0.05) is 56.9 Å². The zero-order valence-electron chi connectivity index (χ0n) is 15.5. The van der Waals surface area contributed by atoms with Crippen molar-refractivity contribution in [1.29, 1.82) is 0 Å². The molecule has 9 nitrogen and oxygen atoms in total. The van der Waals surface area contributed by atoms with E-state index < -0.39 is 16.0 Å². The third kappa shape index (κ3) is 4.59. The molecule has 1 aliphatic heterocycles. The van der Waals surface area contributed by atoms with Crippen LogP contribution >= 0.6 is 11.3 Å². The highest BCUT2D eigenvalue weighted by Gasteiger charge is 2.31. The Morgan fingerprint density at radius 1 is 1.25 bits per heavy atom. The van der Waals surface area contributed by atoms with E-state index in [9.17, 15) is 18.0 Å². The molecule has 0 aliphatic carbocycles. The molecule has 0 radical (unpaired) electrons. The van der Waals surface area contributed by atoms with Gasteiger partial charge in [0.1, 0.15) is 4.21 Å². The summed E-state index contributed by atoms with van der Waals surface area (Å²) in [6.07, 6.45) is 4.64. The summed E-state index contributed by atoms with van der Waals surface area (Å²) in [5.41, 5.74) is 0.220. The van der Waals surface area contributed by atoms with E-state index in [0.717, 1.165) is 11.3 Å². The Kier molecular flexibility index (Phi) is 6.47. The smallest absolute Gasteiger partial charge is 0.338 e. The molecule has 0 bridgehead atoms. The van der Waals surface area contributed by atoms with E-state index in [1.807, 2.05) is 12.3 Å². The van der Waals surface area contributed by atoms with Crippen molar-refractivity contribution in [2.45, 2.75) is 23.6 Å². The average Bonchev–Trinajstić information content (AvgIpc) is 3.39. The van der Waals surface area contributed by atoms with Gasteiger partial charge in [-0.15, -0.1) is 11.3 Å². The highest BCUT2D eigenvalue weighted by atomic mass is 32.2. The minimum absolute atomic E-state index is 0.0216. The predicted octanol–water partition coefficient (Wildman–Crippen LogP) is 1.04. The highest BCUT2D eigenvalue weighted by molar-refractivity contribution is 7.91. The number of amides is 1. The third-order valence-electron chi connectivity index (χ3n) is 4.52. The molecule has 0 atom stereocenters. The van der Waals surface area contributed by atoms with Crippen molar-refractivity contribution < 1.29 is 22.7 Å². The van der Waals surface area contributed by atoms with Gasteiger partial charge in [-0.1, -0.05) is 0 Å². The van der Waals surface area contributed by atoms with Crippen LogP contribution in [0.15, 0.2) is 34.1 Å². The quantitative estimate of drug-likeness (QED) is 0.613. The number of ether oxygens (including phenoxy) is 1. The molecule has 1 saturated heterocycles. The molecule has 152 valence electrons. The number of rotatable bonds is 7. The molecule has 3 rings (SSSR count). The van der Waals surface area contributed by atoms with Crippen LogP contribution in [-0.4, -0.2) is 72.6 Å². The normalized spacial score (nSPS) is 15.5. The molecule has 0 unspecified atom stereocenters. The number of piperazine rings is 1. The lowest BCUT2D eigenvalue weighted by Gasteiger charge is -2.33. The van der Waals surface area contributed by atoms with Gasteiger partial charge in [-0.25, -0.2) is 13.2 Å². The predicted molar refractivity (Wildman–Crippen MR) is 102 cm³/mol. The maximum Gasteiger partial charge on any atom is 0.338 e. The van der Waals surface area contributed by atoms with E-state index in [4.69, 9.17) is 0 Å². The largest absolute Gasteiger partial charge is 0.465 e. The van der Waals surface area contributed by atoms with Gasteiger partial charge in [0.15, 0.2) is 0 Å². The monoisotopic (exact) mass is 426 g/mol. The standard InChI is InChI=1S/C17H22N4O5S2/c1-26-17(23)14-12-16(27-13-14)28(24,25)21-10-8-19(9-11-21)15(22)4-2-6-20-7-3-5-18-20/h3,5,7,12-13H,2,4,6,8-11H2,1H3. The number of hydrogen-bond acceptors (Lipinski definition) is 7. The zero-order chi connectivity index (χ0) is 20.1. The molecule has 0 spiro atoms. The van der Waals surface area contributed by atoms with E-state index in [-0.39, 0.29) is 28.8 Å². The summed E-state index contributed by atoms with van der Waals surface area (Å²) < 4.78 is 33.4. The van der Waals surface area contributed by atoms with Gasteiger partial charge in [-0.05, 0) is 18.6 Å². The van der Waals surface area contributed by atoms with E-state index in [0.29, 0.717) is 32.5 Å². The summed E-state index contributed by atoms with van der Waals surface area (Å²) in [6, 6.07) is 3.17. The van der Waals surface area contributed by atoms with Crippen LogP contribution in [0.4, 0.5) is 0 Å². The number of sulfonamides is 1. The summed E-state index contributed by atoms with van der Waals surface area (Å²) >= 11 is 0.991. The van der Waals surface area contributed by atoms with E-state index in [1.54, 1.807) is 15.8 Å². The molecule has 28 heavy (non-hydrogen) atoms. The van der Waals surface area contributed by atoms with Crippen LogP contribution in [0.3, 0.4) is 0 Å². The lowest BCUT2D eigenvalue weighted by atomic mass is 10.2. The molecule has 0 aromatic carbocycles. The van der Waals surface area contributed by atoms with Crippen molar-refractivity contribution >= 4 is 33.2 Å². The van der Waals surface area contributed by atoms with Crippen molar-refractivity contribution in [3.8, 4) is 0 Å². The molecular weight excluding hydrogens is 404 g/mol. The number of thiophene rings is 1. The molecule has 1 fully saturated rings. The fourth-order valence-corrected chi connectivity index (χ4v) is 5.69. The maximum atomic E-state index is 12.8. The first-order valence-corrected chi connectivity index (χ1v) is 11.2. The Bertz CT molecular complexity index is 915. The summed E-state index contributed by atoms with van der Waals surface area (Å²) in [4.78, 5) is 25.6. The number of carbonyl (C=O) groups is 2. The SMILES string of the molecule is COC(=O)c1csc(S(=O)(=O)N2CCN(C(=O)CCCn3cccn3)CC2)c1. The van der Waals surface area contributed by atoms with Gasteiger partial charge >= 0.3 is 5.97 Å². The lowest BCUT2D eigenvalue weighted by molar-refractivity contribution is -0.132. The van der Waals surface area contributed by atoms with E-state index in [2.05, 4.69) is 9.84 Å². The molecule has 0 N–H and O–H groups in total. The molecule has 2 aromatic rings. The van der Waals surface area contributed by atoms with Gasteiger partial charge in [-0.3, -0.25) is 9.48 Å². The van der Waals surface area contributed by atoms with Crippen LogP contribution in [0.1, 0.15) is 23.2 Å². The van der Waals surface area contributed by atoms with Gasteiger partial charge < -0.3 is 9.64 Å². The topological polar surface area (TPSA) is 102 Å². The second kappa shape index (κ2) is 8.84. The first-order valence-electron chi connectivity index (χ1n) is 8.84. The fourth-order valence-electron chi connectivity index (χ4n) is 2.96. The second-order valence-electron chi connectivity index (χ2n) is 6.30. The summed E-state index contributed by atoms with van der Waals surface area (Å²) in [7, 11) is -2.43. The lowest BCUT2D eigenvalue weighted by Crippen LogP contribution is -2.50.